The fourth-order valence-electron chi connectivity index (χ4n) is 3.87. The Kier molecular flexibility index (Phi) is 5.37. The van der Waals surface area contributed by atoms with Gasteiger partial charge in [-0.2, -0.15) is 0 Å². The topological polar surface area (TPSA) is 46.4 Å². The van der Waals surface area contributed by atoms with Crippen molar-refractivity contribution >= 4 is 45.5 Å². The zero-order valence-corrected chi connectivity index (χ0v) is 18.2. The minimum atomic E-state index is -0.424. The van der Waals surface area contributed by atoms with E-state index in [0.717, 1.165) is 28.7 Å². The van der Waals surface area contributed by atoms with Gasteiger partial charge in [0.2, 0.25) is 0 Å². The number of rotatable bonds is 4. The van der Waals surface area contributed by atoms with Crippen LogP contribution >= 0.6 is 11.8 Å². The number of halogens is 1. The van der Waals surface area contributed by atoms with Crippen molar-refractivity contribution in [3.63, 3.8) is 0 Å². The maximum absolute atomic E-state index is 13.9. The Morgan fingerprint density at radius 3 is 2.53 bits per heavy atom. The largest absolute Gasteiger partial charge is 0.340 e. The summed E-state index contributed by atoms with van der Waals surface area (Å²) in [5.41, 5.74) is 4.61. The number of aliphatic imine (C=N–C) groups is 1. The normalized spacial score (nSPS) is 16.2. The Bertz CT molecular complexity index is 1390. The number of para-hydroxylation sites is 2. The van der Waals surface area contributed by atoms with E-state index in [-0.39, 0.29) is 11.6 Å². The molecule has 1 N–H and O–H groups in total. The smallest absolute Gasteiger partial charge is 0.264 e. The summed E-state index contributed by atoms with van der Waals surface area (Å²) in [4.78, 5) is 17.4. The van der Waals surface area contributed by atoms with Crippen LogP contribution in [0, 0.1) is 12.7 Å². The van der Waals surface area contributed by atoms with Gasteiger partial charge in [0, 0.05) is 28.7 Å². The number of carbonyl (C=O) groups is 1. The van der Waals surface area contributed by atoms with E-state index in [9.17, 15) is 9.18 Å². The van der Waals surface area contributed by atoms with Crippen molar-refractivity contribution < 1.29 is 9.18 Å². The van der Waals surface area contributed by atoms with E-state index < -0.39 is 5.82 Å². The maximum Gasteiger partial charge on any atom is 0.264 e. The lowest BCUT2D eigenvalue weighted by Gasteiger charge is -2.08. The number of fused-ring (bicyclic) bond motifs is 1. The molecule has 1 amide bonds. The van der Waals surface area contributed by atoms with Crippen LogP contribution in [0.15, 0.2) is 88.8 Å². The Morgan fingerprint density at radius 2 is 1.72 bits per heavy atom. The summed E-state index contributed by atoms with van der Waals surface area (Å²) in [5.74, 6) is -0.656. The molecule has 5 rings (SSSR count). The average molecular weight is 442 g/mol. The molecule has 3 aromatic carbocycles. The SMILES string of the molecule is Cc1c(/C=C2\SC(=Nc3ccccc3F)NC2=O)c2ccccc2n1Cc1ccccc1. The van der Waals surface area contributed by atoms with Crippen molar-refractivity contribution in [3.8, 4) is 0 Å². The highest BCUT2D eigenvalue weighted by Crippen LogP contribution is 2.33. The van der Waals surface area contributed by atoms with E-state index in [1.165, 1.54) is 23.4 Å². The molecule has 0 spiro atoms. The van der Waals surface area contributed by atoms with Crippen LogP contribution in [-0.4, -0.2) is 15.6 Å². The summed E-state index contributed by atoms with van der Waals surface area (Å²) >= 11 is 1.22. The van der Waals surface area contributed by atoms with E-state index in [1.807, 2.05) is 36.4 Å². The Balaban J connectivity index is 1.53. The summed E-state index contributed by atoms with van der Waals surface area (Å²) in [6.07, 6.45) is 1.91. The highest BCUT2D eigenvalue weighted by molar-refractivity contribution is 8.18. The van der Waals surface area contributed by atoms with Gasteiger partial charge in [0.25, 0.3) is 5.91 Å². The van der Waals surface area contributed by atoms with Gasteiger partial charge >= 0.3 is 0 Å². The van der Waals surface area contributed by atoms with Crippen LogP contribution in [0.25, 0.3) is 17.0 Å². The Morgan fingerprint density at radius 1 is 1.00 bits per heavy atom. The van der Waals surface area contributed by atoms with Crippen LogP contribution < -0.4 is 5.32 Å². The van der Waals surface area contributed by atoms with Gasteiger partial charge in [0.05, 0.1) is 4.91 Å². The number of aromatic nitrogens is 1. The van der Waals surface area contributed by atoms with Gasteiger partial charge in [-0.05, 0) is 48.5 Å². The van der Waals surface area contributed by atoms with Crippen LogP contribution in [0.1, 0.15) is 16.8 Å². The molecule has 1 saturated heterocycles. The van der Waals surface area contributed by atoms with Crippen LogP contribution in [0.2, 0.25) is 0 Å². The number of hydrogen-bond donors (Lipinski definition) is 1. The van der Waals surface area contributed by atoms with Gasteiger partial charge in [0.1, 0.15) is 11.5 Å². The first kappa shape index (κ1) is 20.3. The van der Waals surface area contributed by atoms with Crippen LogP contribution in [-0.2, 0) is 11.3 Å². The predicted octanol–water partition coefficient (Wildman–Crippen LogP) is 6.03. The van der Waals surface area contributed by atoms with Gasteiger partial charge < -0.3 is 9.88 Å². The van der Waals surface area contributed by atoms with Gasteiger partial charge in [-0.1, -0.05) is 60.7 Å². The van der Waals surface area contributed by atoms with Crippen molar-refractivity contribution in [2.45, 2.75) is 13.5 Å². The molecule has 1 fully saturated rings. The molecule has 6 heteroatoms. The number of carbonyl (C=O) groups excluding carboxylic acids is 1. The quantitative estimate of drug-likeness (QED) is 0.393. The van der Waals surface area contributed by atoms with Gasteiger partial charge in [-0.15, -0.1) is 0 Å². The molecule has 1 aliphatic rings. The molecule has 0 atom stereocenters. The van der Waals surface area contributed by atoms with Crippen molar-refractivity contribution in [2.24, 2.45) is 4.99 Å². The first-order chi connectivity index (χ1) is 15.6. The highest BCUT2D eigenvalue weighted by Gasteiger charge is 2.25. The molecule has 0 radical (unpaired) electrons. The van der Waals surface area contributed by atoms with E-state index in [1.54, 1.807) is 18.2 Å². The number of nitrogens with one attached hydrogen (secondary N) is 1. The molecule has 1 aliphatic heterocycles. The molecular formula is C26H20FN3OS. The molecule has 4 nitrogen and oxygen atoms in total. The summed E-state index contributed by atoms with van der Waals surface area (Å²) in [6, 6.07) is 24.8. The summed E-state index contributed by atoms with van der Waals surface area (Å²) in [6.45, 7) is 2.82. The minimum absolute atomic E-state index is 0.201. The third kappa shape index (κ3) is 3.85. The fraction of sp³-hybridized carbons (Fsp3) is 0.0769. The Labute approximate surface area is 189 Å². The molecule has 2 heterocycles. The lowest BCUT2D eigenvalue weighted by atomic mass is 10.1. The Hall–Kier alpha value is -3.64. The number of benzene rings is 3. The second kappa shape index (κ2) is 8.48. The van der Waals surface area contributed by atoms with E-state index in [2.05, 4.69) is 46.1 Å². The second-order valence-corrected chi connectivity index (χ2v) is 8.55. The zero-order valence-electron chi connectivity index (χ0n) is 17.4. The highest BCUT2D eigenvalue weighted by atomic mass is 32.2. The number of thioether (sulfide) groups is 1. The van der Waals surface area contributed by atoms with E-state index in [0.29, 0.717) is 10.1 Å². The zero-order chi connectivity index (χ0) is 22.1. The molecule has 0 bridgehead atoms. The third-order valence-electron chi connectivity index (χ3n) is 5.46. The van der Waals surface area contributed by atoms with E-state index >= 15 is 0 Å². The van der Waals surface area contributed by atoms with Crippen molar-refractivity contribution in [2.75, 3.05) is 0 Å². The van der Waals surface area contributed by atoms with Crippen molar-refractivity contribution in [3.05, 3.63) is 106 Å². The molecule has 32 heavy (non-hydrogen) atoms. The maximum atomic E-state index is 13.9. The van der Waals surface area contributed by atoms with Crippen molar-refractivity contribution in [1.82, 2.24) is 9.88 Å². The van der Waals surface area contributed by atoms with Crippen LogP contribution in [0.4, 0.5) is 10.1 Å². The molecule has 0 saturated carbocycles. The molecular weight excluding hydrogens is 421 g/mol. The third-order valence-corrected chi connectivity index (χ3v) is 6.37. The summed E-state index contributed by atoms with van der Waals surface area (Å²) in [5, 5.41) is 4.20. The standard InChI is InChI=1S/C26H20FN3OS/c1-17-20(15-24-25(31)29-26(32-24)28-22-13-7-6-12-21(22)27)19-11-5-8-14-23(19)30(17)16-18-9-3-2-4-10-18/h2-15H,16H2,1H3,(H,28,29,31)/b24-15-. The van der Waals surface area contributed by atoms with E-state index in [4.69, 9.17) is 0 Å². The molecule has 0 aliphatic carbocycles. The average Bonchev–Trinajstić information content (AvgIpc) is 3.28. The first-order valence-electron chi connectivity index (χ1n) is 10.3. The molecule has 4 aromatic rings. The minimum Gasteiger partial charge on any atom is -0.340 e. The summed E-state index contributed by atoms with van der Waals surface area (Å²) in [7, 11) is 0. The number of hydrogen-bond acceptors (Lipinski definition) is 3. The second-order valence-electron chi connectivity index (χ2n) is 7.52. The summed E-state index contributed by atoms with van der Waals surface area (Å²) < 4.78 is 16.2. The lowest BCUT2D eigenvalue weighted by molar-refractivity contribution is -0.115. The fourth-order valence-corrected chi connectivity index (χ4v) is 4.69. The first-order valence-corrected chi connectivity index (χ1v) is 11.1. The van der Waals surface area contributed by atoms with Crippen LogP contribution in [0.3, 0.4) is 0 Å². The number of amidine groups is 1. The van der Waals surface area contributed by atoms with Gasteiger partial charge in [-0.25, -0.2) is 9.38 Å². The number of amides is 1. The van der Waals surface area contributed by atoms with Gasteiger partial charge in [-0.3, -0.25) is 4.79 Å². The number of nitrogens with zero attached hydrogens (tertiary/aromatic N) is 2. The predicted molar refractivity (Wildman–Crippen MR) is 129 cm³/mol. The molecule has 0 unspecified atom stereocenters. The molecule has 1 aromatic heterocycles. The monoisotopic (exact) mass is 441 g/mol. The molecule has 158 valence electrons. The van der Waals surface area contributed by atoms with Crippen molar-refractivity contribution in [1.29, 1.82) is 0 Å². The van der Waals surface area contributed by atoms with Crippen LogP contribution in [0.5, 0.6) is 0 Å². The lowest BCUT2D eigenvalue weighted by Crippen LogP contribution is -2.19. The van der Waals surface area contributed by atoms with Gasteiger partial charge in [0.15, 0.2) is 5.17 Å².